The molecule has 25 heavy (non-hydrogen) atoms. The van der Waals surface area contributed by atoms with Crippen LogP contribution in [-0.4, -0.2) is 44.0 Å². The number of hydrogen-bond donors (Lipinski definition) is 3. The fourth-order valence-corrected chi connectivity index (χ4v) is 2.07. The van der Waals surface area contributed by atoms with Crippen molar-refractivity contribution in [2.24, 2.45) is 0 Å². The summed E-state index contributed by atoms with van der Waals surface area (Å²) in [6.07, 6.45) is 6.79. The zero-order valence-electron chi connectivity index (χ0n) is 13.5. The van der Waals surface area contributed by atoms with Crippen molar-refractivity contribution in [1.82, 2.24) is 30.3 Å². The van der Waals surface area contributed by atoms with Gasteiger partial charge in [-0.2, -0.15) is 5.10 Å². The number of nitrogens with zero attached hydrogens (tertiary/aromatic N) is 5. The Hall–Kier alpha value is -3.49. The van der Waals surface area contributed by atoms with Crippen LogP contribution in [0.2, 0.25) is 0 Å². The van der Waals surface area contributed by atoms with Crippen LogP contribution in [0.3, 0.4) is 0 Å². The minimum atomic E-state index is -0.0894. The molecule has 1 amide bonds. The predicted octanol–water partition coefficient (Wildman–Crippen LogP) is 1.04. The third-order valence-electron chi connectivity index (χ3n) is 3.24. The molecule has 0 saturated carbocycles. The summed E-state index contributed by atoms with van der Waals surface area (Å²) >= 11 is 0. The molecule has 0 aliphatic heterocycles. The normalized spacial score (nSPS) is 10.2. The number of nitrogens with one attached hydrogen (secondary N) is 3. The maximum atomic E-state index is 11.7. The highest BCUT2D eigenvalue weighted by Crippen LogP contribution is 2.12. The standard InChI is InChI=1S/C16H18N8O/c25-16(12-24-11-1-6-20-24)19-10-9-18-14-2-3-15(23-22-14)21-13-4-7-17-8-5-13/h1-8,11H,9-10,12H2,(H,18,22)(H,19,25)(H,17,21,23). The molecule has 0 aliphatic rings. The number of carbonyl (C=O) groups excluding carboxylic acids is 1. The average molecular weight is 338 g/mol. The third-order valence-corrected chi connectivity index (χ3v) is 3.24. The number of amides is 1. The Morgan fingerprint density at radius 1 is 1.00 bits per heavy atom. The summed E-state index contributed by atoms with van der Waals surface area (Å²) in [5.74, 6) is 1.19. The number of aromatic nitrogens is 5. The van der Waals surface area contributed by atoms with Crippen molar-refractivity contribution in [3.05, 3.63) is 55.1 Å². The molecular formula is C16H18N8O. The molecule has 0 saturated heterocycles. The van der Waals surface area contributed by atoms with Crippen molar-refractivity contribution in [1.29, 1.82) is 0 Å². The van der Waals surface area contributed by atoms with Crippen LogP contribution in [0, 0.1) is 0 Å². The Morgan fingerprint density at radius 3 is 2.52 bits per heavy atom. The molecule has 0 aromatic carbocycles. The van der Waals surface area contributed by atoms with E-state index in [1.807, 2.05) is 24.3 Å². The lowest BCUT2D eigenvalue weighted by Gasteiger charge is -2.08. The van der Waals surface area contributed by atoms with Gasteiger partial charge in [-0.3, -0.25) is 14.5 Å². The van der Waals surface area contributed by atoms with Crippen molar-refractivity contribution in [3.8, 4) is 0 Å². The molecule has 128 valence electrons. The first-order valence-electron chi connectivity index (χ1n) is 7.78. The van der Waals surface area contributed by atoms with Gasteiger partial charge in [0.15, 0.2) is 5.82 Å². The van der Waals surface area contributed by atoms with Gasteiger partial charge in [-0.25, -0.2) is 0 Å². The molecule has 0 aliphatic carbocycles. The largest absolute Gasteiger partial charge is 0.367 e. The predicted molar refractivity (Wildman–Crippen MR) is 93.3 cm³/mol. The van der Waals surface area contributed by atoms with Gasteiger partial charge in [0.1, 0.15) is 12.4 Å². The molecule has 3 heterocycles. The van der Waals surface area contributed by atoms with E-state index in [0.29, 0.717) is 24.7 Å². The molecule has 0 atom stereocenters. The zero-order valence-corrected chi connectivity index (χ0v) is 13.5. The molecule has 0 unspecified atom stereocenters. The fourth-order valence-electron chi connectivity index (χ4n) is 2.07. The van der Waals surface area contributed by atoms with Crippen LogP contribution in [0.15, 0.2) is 55.1 Å². The fraction of sp³-hybridized carbons (Fsp3) is 0.188. The minimum Gasteiger partial charge on any atom is -0.367 e. The molecule has 0 bridgehead atoms. The molecule has 9 nitrogen and oxygen atoms in total. The highest BCUT2D eigenvalue weighted by atomic mass is 16.2. The summed E-state index contributed by atoms with van der Waals surface area (Å²) in [5.41, 5.74) is 0.893. The maximum Gasteiger partial charge on any atom is 0.241 e. The van der Waals surface area contributed by atoms with E-state index in [9.17, 15) is 4.79 Å². The lowest BCUT2D eigenvalue weighted by Crippen LogP contribution is -2.31. The quantitative estimate of drug-likeness (QED) is 0.526. The van der Waals surface area contributed by atoms with Gasteiger partial charge in [-0.05, 0) is 30.3 Å². The molecule has 9 heteroatoms. The number of rotatable bonds is 8. The van der Waals surface area contributed by atoms with E-state index < -0.39 is 0 Å². The van der Waals surface area contributed by atoms with Crippen LogP contribution < -0.4 is 16.0 Å². The Kier molecular flexibility index (Phi) is 5.49. The van der Waals surface area contributed by atoms with Gasteiger partial charge >= 0.3 is 0 Å². The van der Waals surface area contributed by atoms with Gasteiger partial charge in [0.2, 0.25) is 5.91 Å². The first-order chi connectivity index (χ1) is 12.3. The summed E-state index contributed by atoms with van der Waals surface area (Å²) < 4.78 is 1.57. The van der Waals surface area contributed by atoms with Crippen LogP contribution in [0.5, 0.6) is 0 Å². The highest BCUT2D eigenvalue weighted by Gasteiger charge is 2.02. The van der Waals surface area contributed by atoms with Gasteiger partial charge in [-0.1, -0.05) is 0 Å². The second-order valence-electron chi connectivity index (χ2n) is 5.15. The third kappa shape index (κ3) is 5.27. The summed E-state index contributed by atoms with van der Waals surface area (Å²) in [4.78, 5) is 15.7. The number of carbonyl (C=O) groups is 1. The average Bonchev–Trinajstić information content (AvgIpc) is 3.14. The van der Waals surface area contributed by atoms with Crippen LogP contribution >= 0.6 is 0 Å². The molecular weight excluding hydrogens is 320 g/mol. The SMILES string of the molecule is O=C(Cn1cccn1)NCCNc1ccc(Nc2ccncc2)nn1. The van der Waals surface area contributed by atoms with E-state index in [-0.39, 0.29) is 12.5 Å². The molecule has 3 N–H and O–H groups in total. The second-order valence-corrected chi connectivity index (χ2v) is 5.15. The first-order valence-corrected chi connectivity index (χ1v) is 7.78. The Bertz CT molecular complexity index is 774. The zero-order chi connectivity index (χ0) is 17.3. The van der Waals surface area contributed by atoms with E-state index in [2.05, 4.69) is 36.2 Å². The Morgan fingerprint density at radius 2 is 1.80 bits per heavy atom. The van der Waals surface area contributed by atoms with Crippen molar-refractivity contribution in [2.75, 3.05) is 23.7 Å². The maximum absolute atomic E-state index is 11.7. The molecule has 0 fully saturated rings. The number of hydrogen-bond acceptors (Lipinski definition) is 7. The molecule has 3 aromatic heterocycles. The van der Waals surface area contributed by atoms with Gasteiger partial charge in [0.05, 0.1) is 0 Å². The first kappa shape index (κ1) is 16.4. The van der Waals surface area contributed by atoms with Crippen molar-refractivity contribution < 1.29 is 4.79 Å². The Labute approximate surface area is 144 Å². The van der Waals surface area contributed by atoms with E-state index in [1.165, 1.54) is 0 Å². The van der Waals surface area contributed by atoms with E-state index in [4.69, 9.17) is 0 Å². The van der Waals surface area contributed by atoms with Gasteiger partial charge in [-0.15, -0.1) is 10.2 Å². The Balaban J connectivity index is 1.38. The van der Waals surface area contributed by atoms with E-state index in [0.717, 1.165) is 5.69 Å². The van der Waals surface area contributed by atoms with Crippen molar-refractivity contribution in [2.45, 2.75) is 6.54 Å². The van der Waals surface area contributed by atoms with E-state index >= 15 is 0 Å². The molecule has 3 aromatic rings. The minimum absolute atomic E-state index is 0.0894. The number of pyridine rings is 1. The van der Waals surface area contributed by atoms with Crippen molar-refractivity contribution in [3.63, 3.8) is 0 Å². The summed E-state index contributed by atoms with van der Waals surface area (Å²) in [6, 6.07) is 9.12. The van der Waals surface area contributed by atoms with Crippen molar-refractivity contribution >= 4 is 23.2 Å². The number of anilines is 3. The van der Waals surface area contributed by atoms with Gasteiger partial charge in [0.25, 0.3) is 0 Å². The van der Waals surface area contributed by atoms with Crippen LogP contribution in [0.25, 0.3) is 0 Å². The molecule has 0 radical (unpaired) electrons. The lowest BCUT2D eigenvalue weighted by atomic mass is 10.4. The summed E-state index contributed by atoms with van der Waals surface area (Å²) in [5, 5.41) is 21.2. The second kappa shape index (κ2) is 8.39. The van der Waals surface area contributed by atoms with Crippen LogP contribution in [0.1, 0.15) is 0 Å². The topological polar surface area (TPSA) is 110 Å². The summed E-state index contributed by atoms with van der Waals surface area (Å²) in [7, 11) is 0. The van der Waals surface area contributed by atoms with Crippen LogP contribution in [0.4, 0.5) is 17.3 Å². The van der Waals surface area contributed by atoms with Gasteiger partial charge in [0, 0.05) is 43.6 Å². The molecule has 3 rings (SSSR count). The lowest BCUT2D eigenvalue weighted by molar-refractivity contribution is -0.121. The monoisotopic (exact) mass is 338 g/mol. The summed E-state index contributed by atoms with van der Waals surface area (Å²) in [6.45, 7) is 1.25. The van der Waals surface area contributed by atoms with E-state index in [1.54, 1.807) is 35.5 Å². The molecule has 0 spiro atoms. The van der Waals surface area contributed by atoms with Crippen LogP contribution in [-0.2, 0) is 11.3 Å². The smallest absolute Gasteiger partial charge is 0.241 e. The highest BCUT2D eigenvalue weighted by molar-refractivity contribution is 5.75. The van der Waals surface area contributed by atoms with Gasteiger partial charge < -0.3 is 16.0 Å².